The van der Waals surface area contributed by atoms with E-state index in [1.54, 1.807) is 0 Å². The lowest BCUT2D eigenvalue weighted by atomic mass is 10.2. The van der Waals surface area contributed by atoms with Crippen molar-refractivity contribution >= 4 is 17.1 Å². The molecule has 0 aliphatic carbocycles. The maximum absolute atomic E-state index is 9.74. The van der Waals surface area contributed by atoms with Gasteiger partial charge < -0.3 is 20.2 Å². The molecule has 0 aromatic heterocycles. The first-order valence-corrected chi connectivity index (χ1v) is 7.07. The standard InChI is InChI=1S/C16H19N3O3/c1-3-19(4-2)13-8-6-5-7-12(13)17-18-16-14(21)9-11(20)10-15(16)22/h5-10,20-22H,3-4H2,1-2H3. The Kier molecular flexibility index (Phi) is 4.83. The van der Waals surface area contributed by atoms with Crippen molar-refractivity contribution in [2.24, 2.45) is 10.2 Å². The minimum Gasteiger partial charge on any atom is -0.508 e. The molecule has 0 unspecified atom stereocenters. The molecule has 0 atom stereocenters. The van der Waals surface area contributed by atoms with Gasteiger partial charge in [0.2, 0.25) is 0 Å². The normalized spacial score (nSPS) is 11.0. The summed E-state index contributed by atoms with van der Waals surface area (Å²) in [5.74, 6) is -0.902. The van der Waals surface area contributed by atoms with Crippen LogP contribution in [0.3, 0.4) is 0 Å². The van der Waals surface area contributed by atoms with Crippen LogP contribution in [-0.4, -0.2) is 28.4 Å². The highest BCUT2D eigenvalue weighted by atomic mass is 16.3. The summed E-state index contributed by atoms with van der Waals surface area (Å²) in [4.78, 5) is 2.13. The first-order chi connectivity index (χ1) is 10.6. The summed E-state index contributed by atoms with van der Waals surface area (Å²) < 4.78 is 0. The van der Waals surface area contributed by atoms with Crippen molar-refractivity contribution in [3.63, 3.8) is 0 Å². The van der Waals surface area contributed by atoms with E-state index in [2.05, 4.69) is 29.0 Å². The van der Waals surface area contributed by atoms with Crippen molar-refractivity contribution in [2.75, 3.05) is 18.0 Å². The van der Waals surface area contributed by atoms with E-state index in [4.69, 9.17) is 0 Å². The molecule has 116 valence electrons. The van der Waals surface area contributed by atoms with Gasteiger partial charge in [-0.05, 0) is 26.0 Å². The predicted molar refractivity (Wildman–Crippen MR) is 85.6 cm³/mol. The fourth-order valence-electron chi connectivity index (χ4n) is 2.18. The summed E-state index contributed by atoms with van der Waals surface area (Å²) in [6, 6.07) is 9.72. The zero-order chi connectivity index (χ0) is 16.1. The molecule has 0 bridgehead atoms. The van der Waals surface area contributed by atoms with E-state index in [1.807, 2.05) is 24.3 Å². The number of benzene rings is 2. The van der Waals surface area contributed by atoms with E-state index < -0.39 is 0 Å². The zero-order valence-electron chi connectivity index (χ0n) is 12.6. The summed E-state index contributed by atoms with van der Waals surface area (Å²) in [7, 11) is 0. The molecule has 0 aliphatic heterocycles. The number of anilines is 1. The summed E-state index contributed by atoms with van der Waals surface area (Å²) in [5, 5.41) is 36.8. The summed E-state index contributed by atoms with van der Waals surface area (Å²) >= 11 is 0. The van der Waals surface area contributed by atoms with Gasteiger partial charge in [-0.3, -0.25) is 0 Å². The van der Waals surface area contributed by atoms with Crippen LogP contribution in [0.25, 0.3) is 0 Å². The minimum absolute atomic E-state index is 0.0767. The monoisotopic (exact) mass is 301 g/mol. The zero-order valence-corrected chi connectivity index (χ0v) is 12.6. The molecule has 0 radical (unpaired) electrons. The highest BCUT2D eigenvalue weighted by Gasteiger charge is 2.11. The Morgan fingerprint density at radius 1 is 0.909 bits per heavy atom. The second-order valence-corrected chi connectivity index (χ2v) is 4.69. The van der Waals surface area contributed by atoms with Crippen LogP contribution in [0.2, 0.25) is 0 Å². The molecule has 0 heterocycles. The van der Waals surface area contributed by atoms with Gasteiger partial charge in [-0.1, -0.05) is 12.1 Å². The van der Waals surface area contributed by atoms with Gasteiger partial charge in [0.25, 0.3) is 0 Å². The molecule has 2 rings (SSSR count). The van der Waals surface area contributed by atoms with Crippen molar-refractivity contribution in [1.82, 2.24) is 0 Å². The van der Waals surface area contributed by atoms with Crippen molar-refractivity contribution in [3.8, 4) is 17.2 Å². The number of hydrogen-bond donors (Lipinski definition) is 3. The van der Waals surface area contributed by atoms with Gasteiger partial charge in [-0.15, -0.1) is 10.2 Å². The van der Waals surface area contributed by atoms with E-state index >= 15 is 0 Å². The molecule has 0 amide bonds. The molecule has 6 heteroatoms. The number of aromatic hydroxyl groups is 3. The number of para-hydroxylation sites is 1. The third kappa shape index (κ3) is 3.28. The van der Waals surface area contributed by atoms with Crippen molar-refractivity contribution in [3.05, 3.63) is 36.4 Å². The van der Waals surface area contributed by atoms with Gasteiger partial charge in [-0.25, -0.2) is 0 Å². The predicted octanol–water partition coefficient (Wildman–Crippen LogP) is 4.07. The van der Waals surface area contributed by atoms with Gasteiger partial charge in [0, 0.05) is 25.2 Å². The second-order valence-electron chi connectivity index (χ2n) is 4.69. The van der Waals surface area contributed by atoms with Gasteiger partial charge >= 0.3 is 0 Å². The Morgan fingerprint density at radius 2 is 1.50 bits per heavy atom. The average molecular weight is 301 g/mol. The largest absolute Gasteiger partial charge is 0.508 e. The molecule has 0 saturated heterocycles. The fraction of sp³-hybridized carbons (Fsp3) is 0.250. The topological polar surface area (TPSA) is 88.7 Å². The van der Waals surface area contributed by atoms with Crippen molar-refractivity contribution in [2.45, 2.75) is 13.8 Å². The number of hydrogen-bond acceptors (Lipinski definition) is 6. The highest BCUT2D eigenvalue weighted by Crippen LogP contribution is 2.40. The number of azo groups is 1. The number of nitrogens with zero attached hydrogens (tertiary/aromatic N) is 3. The van der Waals surface area contributed by atoms with Crippen LogP contribution in [0.4, 0.5) is 17.1 Å². The Hall–Kier alpha value is -2.76. The lowest BCUT2D eigenvalue weighted by molar-refractivity contribution is 0.429. The number of rotatable bonds is 5. The van der Waals surface area contributed by atoms with Gasteiger partial charge in [0.15, 0.2) is 17.2 Å². The summed E-state index contributed by atoms with van der Waals surface area (Å²) in [5.41, 5.74) is 1.49. The highest BCUT2D eigenvalue weighted by molar-refractivity contribution is 5.68. The first kappa shape index (κ1) is 15.6. The van der Waals surface area contributed by atoms with Crippen molar-refractivity contribution in [1.29, 1.82) is 0 Å². The molecule has 0 aliphatic rings. The van der Waals surface area contributed by atoms with Crippen LogP contribution in [0.1, 0.15) is 13.8 Å². The number of phenols is 3. The SMILES string of the molecule is CCN(CC)c1ccccc1N=Nc1c(O)cc(O)cc1O. The maximum atomic E-state index is 9.74. The summed E-state index contributed by atoms with van der Waals surface area (Å²) in [6.45, 7) is 5.77. The Bertz CT molecular complexity index is 659. The van der Waals surface area contributed by atoms with E-state index in [0.717, 1.165) is 30.9 Å². The quantitative estimate of drug-likeness (QED) is 0.726. The van der Waals surface area contributed by atoms with Crippen LogP contribution in [0.15, 0.2) is 46.6 Å². The van der Waals surface area contributed by atoms with Crippen LogP contribution in [-0.2, 0) is 0 Å². The van der Waals surface area contributed by atoms with E-state index in [0.29, 0.717) is 5.69 Å². The second kappa shape index (κ2) is 6.80. The number of phenolic OH excluding ortho intramolecular Hbond substituents is 3. The molecule has 2 aromatic carbocycles. The first-order valence-electron chi connectivity index (χ1n) is 7.07. The Labute approximate surface area is 129 Å². The van der Waals surface area contributed by atoms with Crippen LogP contribution >= 0.6 is 0 Å². The molecule has 6 nitrogen and oxygen atoms in total. The average Bonchev–Trinajstić information content (AvgIpc) is 2.48. The van der Waals surface area contributed by atoms with Gasteiger partial charge in [-0.2, -0.15) is 0 Å². The molecular weight excluding hydrogens is 282 g/mol. The Balaban J connectivity index is 2.39. The molecule has 0 spiro atoms. The lowest BCUT2D eigenvalue weighted by Crippen LogP contribution is -2.21. The lowest BCUT2D eigenvalue weighted by Gasteiger charge is -2.22. The molecule has 3 N–H and O–H groups in total. The van der Waals surface area contributed by atoms with E-state index in [9.17, 15) is 15.3 Å². The van der Waals surface area contributed by atoms with E-state index in [1.165, 1.54) is 0 Å². The van der Waals surface area contributed by atoms with Crippen molar-refractivity contribution < 1.29 is 15.3 Å². The fourth-order valence-corrected chi connectivity index (χ4v) is 2.18. The minimum atomic E-state index is -0.332. The smallest absolute Gasteiger partial charge is 0.169 e. The van der Waals surface area contributed by atoms with Crippen LogP contribution < -0.4 is 4.90 Å². The third-order valence-corrected chi connectivity index (χ3v) is 3.30. The Morgan fingerprint density at radius 3 is 2.09 bits per heavy atom. The molecular formula is C16H19N3O3. The van der Waals surface area contributed by atoms with E-state index in [-0.39, 0.29) is 22.9 Å². The third-order valence-electron chi connectivity index (χ3n) is 3.30. The molecule has 2 aromatic rings. The maximum Gasteiger partial charge on any atom is 0.169 e. The van der Waals surface area contributed by atoms with Crippen LogP contribution in [0.5, 0.6) is 17.2 Å². The summed E-state index contributed by atoms with van der Waals surface area (Å²) in [6.07, 6.45) is 0. The van der Waals surface area contributed by atoms with Gasteiger partial charge in [0.1, 0.15) is 11.4 Å². The molecule has 0 fully saturated rings. The van der Waals surface area contributed by atoms with Crippen LogP contribution in [0, 0.1) is 0 Å². The van der Waals surface area contributed by atoms with Gasteiger partial charge in [0.05, 0.1) is 5.69 Å². The molecule has 22 heavy (non-hydrogen) atoms. The molecule has 0 saturated carbocycles.